The Morgan fingerprint density at radius 3 is 2.52 bits per heavy atom. The van der Waals surface area contributed by atoms with E-state index in [0.29, 0.717) is 10.0 Å². The summed E-state index contributed by atoms with van der Waals surface area (Å²) in [6.07, 6.45) is 4.19. The number of aromatic hydroxyl groups is 1. The van der Waals surface area contributed by atoms with Gasteiger partial charge in [0, 0.05) is 48.3 Å². The molecule has 2 rings (SSSR count). The van der Waals surface area contributed by atoms with Crippen molar-refractivity contribution >= 4 is 46.4 Å². The lowest BCUT2D eigenvalue weighted by molar-refractivity contribution is -0.386. The number of hydrogen-bond acceptors (Lipinski definition) is 5. The van der Waals surface area contributed by atoms with Crippen molar-refractivity contribution in [2.75, 3.05) is 26.2 Å². The zero-order valence-electron chi connectivity index (χ0n) is 14.2. The van der Waals surface area contributed by atoms with Gasteiger partial charge >= 0.3 is 5.69 Å². The fourth-order valence-electron chi connectivity index (χ4n) is 3.11. The number of rotatable bonds is 7. The van der Waals surface area contributed by atoms with E-state index in [1.807, 2.05) is 6.07 Å². The fraction of sp³-hybridized carbons (Fsp3) is 0.625. The van der Waals surface area contributed by atoms with Gasteiger partial charge in [0.15, 0.2) is 5.75 Å². The standard InChI is InChI=1S/C16H24BrN3O3.2ClH/c1-2-3-4-5-14(19-8-6-18-7-9-19)13-10-12(17)11-15(16(13)21)20(22)23;;/h10-11,14,18,21H,2-9H2,1H3;2*1H/t14-;;/m1../s1. The van der Waals surface area contributed by atoms with Crippen LogP contribution in [-0.4, -0.2) is 41.1 Å². The summed E-state index contributed by atoms with van der Waals surface area (Å²) in [5, 5.41) is 24.9. The van der Waals surface area contributed by atoms with E-state index in [9.17, 15) is 15.2 Å². The molecular weight excluding hydrogens is 433 g/mol. The highest BCUT2D eigenvalue weighted by Gasteiger charge is 2.28. The number of nitro groups is 1. The number of hydrogen-bond donors (Lipinski definition) is 2. The van der Waals surface area contributed by atoms with Gasteiger partial charge in [0.25, 0.3) is 0 Å². The highest BCUT2D eigenvalue weighted by atomic mass is 79.9. The summed E-state index contributed by atoms with van der Waals surface area (Å²) in [5.41, 5.74) is 0.425. The Balaban J connectivity index is 0.00000288. The highest BCUT2D eigenvalue weighted by Crippen LogP contribution is 2.40. The van der Waals surface area contributed by atoms with Crippen LogP contribution in [-0.2, 0) is 0 Å². The Morgan fingerprint density at radius 2 is 1.96 bits per heavy atom. The maximum atomic E-state index is 11.2. The van der Waals surface area contributed by atoms with Crippen molar-refractivity contribution in [3.05, 3.63) is 32.3 Å². The summed E-state index contributed by atoms with van der Waals surface area (Å²) < 4.78 is 0.632. The van der Waals surface area contributed by atoms with Crippen molar-refractivity contribution in [3.8, 4) is 5.75 Å². The van der Waals surface area contributed by atoms with Gasteiger partial charge in [0.05, 0.1) is 4.92 Å². The first-order valence-electron chi connectivity index (χ1n) is 8.16. The molecule has 2 N–H and O–H groups in total. The van der Waals surface area contributed by atoms with Crippen LogP contribution in [0, 0.1) is 10.1 Å². The summed E-state index contributed by atoms with van der Waals surface area (Å²) in [4.78, 5) is 13.0. The summed E-state index contributed by atoms with van der Waals surface area (Å²) in [6.45, 7) is 5.73. The van der Waals surface area contributed by atoms with Gasteiger partial charge in [-0.15, -0.1) is 24.8 Å². The molecular formula is C16H26BrCl2N3O3. The van der Waals surface area contributed by atoms with Crippen LogP contribution >= 0.6 is 40.7 Å². The van der Waals surface area contributed by atoms with Crippen LogP contribution in [0.1, 0.15) is 44.2 Å². The average Bonchev–Trinajstić information content (AvgIpc) is 2.54. The molecule has 6 nitrogen and oxygen atoms in total. The first kappa shape index (κ1) is 24.4. The minimum atomic E-state index is -0.523. The predicted molar refractivity (Wildman–Crippen MR) is 108 cm³/mol. The van der Waals surface area contributed by atoms with Crippen molar-refractivity contribution in [3.63, 3.8) is 0 Å². The second-order valence-electron chi connectivity index (χ2n) is 5.92. The Kier molecular flexibility index (Phi) is 11.6. The van der Waals surface area contributed by atoms with Gasteiger partial charge in [0.1, 0.15) is 0 Å². The van der Waals surface area contributed by atoms with Crippen LogP contribution < -0.4 is 5.32 Å². The molecule has 1 fully saturated rings. The largest absolute Gasteiger partial charge is 0.502 e. The van der Waals surface area contributed by atoms with Crippen LogP contribution in [0.25, 0.3) is 0 Å². The van der Waals surface area contributed by atoms with Gasteiger partial charge in [-0.25, -0.2) is 0 Å². The van der Waals surface area contributed by atoms with E-state index in [0.717, 1.165) is 51.9 Å². The Hall–Kier alpha value is -0.600. The van der Waals surface area contributed by atoms with Crippen molar-refractivity contribution in [1.29, 1.82) is 0 Å². The van der Waals surface area contributed by atoms with Crippen molar-refractivity contribution in [2.45, 2.75) is 38.6 Å². The summed E-state index contributed by atoms with van der Waals surface area (Å²) in [7, 11) is 0. The number of nitrogens with one attached hydrogen (secondary N) is 1. The van der Waals surface area contributed by atoms with Crippen LogP contribution in [0.5, 0.6) is 5.75 Å². The lowest BCUT2D eigenvalue weighted by atomic mass is 9.96. The number of nitro benzene ring substituents is 1. The maximum absolute atomic E-state index is 11.2. The Labute approximate surface area is 169 Å². The van der Waals surface area contributed by atoms with Gasteiger partial charge < -0.3 is 10.4 Å². The molecule has 0 radical (unpaired) electrons. The smallest absolute Gasteiger partial charge is 0.312 e. The molecule has 144 valence electrons. The molecule has 1 aromatic carbocycles. The number of phenolic OH excluding ortho intramolecular Hbond substituents is 1. The van der Waals surface area contributed by atoms with E-state index in [-0.39, 0.29) is 42.3 Å². The van der Waals surface area contributed by atoms with Crippen LogP contribution in [0.2, 0.25) is 0 Å². The summed E-state index contributed by atoms with van der Waals surface area (Å²) in [5.74, 6) is -0.196. The molecule has 1 aliphatic heterocycles. The number of phenols is 1. The average molecular weight is 459 g/mol. The second-order valence-corrected chi connectivity index (χ2v) is 6.83. The molecule has 1 heterocycles. The van der Waals surface area contributed by atoms with Crippen molar-refractivity contribution < 1.29 is 10.0 Å². The molecule has 0 saturated carbocycles. The monoisotopic (exact) mass is 457 g/mol. The molecule has 1 aromatic rings. The minimum absolute atomic E-state index is 0. The molecule has 1 atom stereocenters. The van der Waals surface area contributed by atoms with E-state index in [1.54, 1.807) is 0 Å². The van der Waals surface area contributed by atoms with Gasteiger partial charge in [-0.3, -0.25) is 15.0 Å². The number of halogens is 3. The van der Waals surface area contributed by atoms with Crippen LogP contribution in [0.4, 0.5) is 5.69 Å². The molecule has 1 aliphatic rings. The molecule has 0 bridgehead atoms. The fourth-order valence-corrected chi connectivity index (χ4v) is 3.58. The third-order valence-electron chi connectivity index (χ3n) is 4.31. The van der Waals surface area contributed by atoms with E-state index >= 15 is 0 Å². The van der Waals surface area contributed by atoms with Crippen LogP contribution in [0.15, 0.2) is 16.6 Å². The summed E-state index contributed by atoms with van der Waals surface area (Å²) >= 11 is 3.34. The summed E-state index contributed by atoms with van der Waals surface area (Å²) in [6, 6.07) is 3.19. The lowest BCUT2D eigenvalue weighted by Crippen LogP contribution is -2.45. The number of unbranched alkanes of at least 4 members (excludes halogenated alkanes) is 2. The third-order valence-corrected chi connectivity index (χ3v) is 4.77. The topological polar surface area (TPSA) is 78.6 Å². The van der Waals surface area contributed by atoms with Gasteiger partial charge in [-0.05, 0) is 12.5 Å². The van der Waals surface area contributed by atoms with Crippen LogP contribution in [0.3, 0.4) is 0 Å². The highest BCUT2D eigenvalue weighted by molar-refractivity contribution is 9.10. The second kappa shape index (κ2) is 11.9. The van der Waals surface area contributed by atoms with Gasteiger partial charge in [0.2, 0.25) is 0 Å². The molecule has 0 amide bonds. The van der Waals surface area contributed by atoms with Crippen molar-refractivity contribution in [2.24, 2.45) is 0 Å². The SMILES string of the molecule is CCCCC[C@H](c1cc(Br)cc([N+](=O)[O-])c1O)N1CCNCC1.Cl.Cl. The lowest BCUT2D eigenvalue weighted by Gasteiger charge is -2.35. The number of benzene rings is 1. The minimum Gasteiger partial charge on any atom is -0.502 e. The molecule has 0 spiro atoms. The first-order chi connectivity index (χ1) is 11.0. The zero-order chi connectivity index (χ0) is 16.8. The number of piperazine rings is 1. The predicted octanol–water partition coefficient (Wildman–Crippen LogP) is 4.43. The van der Waals surface area contributed by atoms with E-state index < -0.39 is 4.92 Å². The Bertz CT molecular complexity index is 558. The molecule has 9 heteroatoms. The Morgan fingerprint density at radius 1 is 1.32 bits per heavy atom. The van der Waals surface area contributed by atoms with Gasteiger partial charge in [-0.2, -0.15) is 0 Å². The molecule has 1 saturated heterocycles. The van der Waals surface area contributed by atoms with Crippen molar-refractivity contribution in [1.82, 2.24) is 10.2 Å². The molecule has 0 aromatic heterocycles. The molecule has 25 heavy (non-hydrogen) atoms. The molecule has 0 aliphatic carbocycles. The van der Waals surface area contributed by atoms with E-state index in [4.69, 9.17) is 0 Å². The quantitative estimate of drug-likeness (QED) is 0.359. The van der Waals surface area contributed by atoms with E-state index in [2.05, 4.69) is 33.1 Å². The normalized spacial score (nSPS) is 15.8. The molecule has 0 unspecified atom stereocenters. The first-order valence-corrected chi connectivity index (χ1v) is 8.95. The maximum Gasteiger partial charge on any atom is 0.312 e. The number of nitrogens with zero attached hydrogens (tertiary/aromatic N) is 2. The zero-order valence-corrected chi connectivity index (χ0v) is 17.5. The third kappa shape index (κ3) is 6.57. The van der Waals surface area contributed by atoms with Gasteiger partial charge in [-0.1, -0.05) is 42.1 Å². The van der Waals surface area contributed by atoms with E-state index in [1.165, 1.54) is 6.07 Å².